The van der Waals surface area contributed by atoms with Crippen molar-refractivity contribution in [2.75, 3.05) is 19.7 Å². The predicted molar refractivity (Wildman–Crippen MR) is 66.2 cm³/mol. The summed E-state index contributed by atoms with van der Waals surface area (Å²) < 4.78 is 2.96. The van der Waals surface area contributed by atoms with Crippen molar-refractivity contribution in [2.45, 2.75) is 31.8 Å². The van der Waals surface area contributed by atoms with Crippen molar-refractivity contribution in [3.8, 4) is 0 Å². The first kappa shape index (κ1) is 12.1. The van der Waals surface area contributed by atoms with Crippen LogP contribution in [0.15, 0.2) is 16.9 Å². The van der Waals surface area contributed by atoms with E-state index in [9.17, 15) is 5.11 Å². The topological polar surface area (TPSA) is 41.3 Å². The molecule has 1 N–H and O–H groups in total. The zero-order valence-corrected chi connectivity index (χ0v) is 10.9. The van der Waals surface area contributed by atoms with E-state index in [1.54, 1.807) is 6.20 Å². The van der Waals surface area contributed by atoms with Crippen LogP contribution in [0.4, 0.5) is 0 Å². The quantitative estimate of drug-likeness (QED) is 0.912. The molecule has 90 valence electrons. The predicted octanol–water partition coefficient (Wildman–Crippen LogP) is 1.49. The fourth-order valence-electron chi connectivity index (χ4n) is 2.25. The van der Waals surface area contributed by atoms with E-state index >= 15 is 0 Å². The molecular formula is C11H18BrN3O. The molecule has 4 nitrogen and oxygen atoms in total. The number of hydrogen-bond donors (Lipinski definition) is 1. The maximum atomic E-state index is 9.29. The van der Waals surface area contributed by atoms with Crippen molar-refractivity contribution < 1.29 is 5.11 Å². The van der Waals surface area contributed by atoms with Crippen LogP contribution in [0.3, 0.4) is 0 Å². The Hall–Kier alpha value is -0.390. The minimum atomic E-state index is 0.281. The van der Waals surface area contributed by atoms with Crippen LogP contribution in [0.2, 0.25) is 0 Å². The van der Waals surface area contributed by atoms with Gasteiger partial charge in [-0.25, -0.2) is 0 Å². The van der Waals surface area contributed by atoms with Gasteiger partial charge >= 0.3 is 0 Å². The van der Waals surface area contributed by atoms with E-state index in [1.807, 2.05) is 10.9 Å². The maximum Gasteiger partial charge on any atom is 0.0632 e. The van der Waals surface area contributed by atoms with E-state index < -0.39 is 0 Å². The van der Waals surface area contributed by atoms with E-state index in [1.165, 1.54) is 12.8 Å². The smallest absolute Gasteiger partial charge is 0.0632 e. The number of halogens is 1. The van der Waals surface area contributed by atoms with Crippen LogP contribution < -0.4 is 0 Å². The first-order chi connectivity index (χ1) is 7.79. The summed E-state index contributed by atoms with van der Waals surface area (Å²) in [5, 5.41) is 13.5. The third-order valence-electron chi connectivity index (χ3n) is 3.18. The number of aliphatic hydroxyl groups is 1. The second-order valence-electron chi connectivity index (χ2n) is 4.29. The highest BCUT2D eigenvalue weighted by molar-refractivity contribution is 9.10. The molecule has 5 heteroatoms. The molecule has 0 bridgehead atoms. The summed E-state index contributed by atoms with van der Waals surface area (Å²) in [7, 11) is 0. The summed E-state index contributed by atoms with van der Waals surface area (Å²) in [6.07, 6.45) is 7.41. The Morgan fingerprint density at radius 2 is 2.31 bits per heavy atom. The van der Waals surface area contributed by atoms with Crippen molar-refractivity contribution in [1.82, 2.24) is 14.7 Å². The molecule has 16 heavy (non-hydrogen) atoms. The second-order valence-corrected chi connectivity index (χ2v) is 5.21. The Labute approximate surface area is 104 Å². The van der Waals surface area contributed by atoms with Gasteiger partial charge in [0, 0.05) is 18.8 Å². The minimum absolute atomic E-state index is 0.281. The monoisotopic (exact) mass is 287 g/mol. The van der Waals surface area contributed by atoms with Crippen molar-refractivity contribution in [3.05, 3.63) is 16.9 Å². The lowest BCUT2D eigenvalue weighted by Crippen LogP contribution is -2.43. The molecule has 0 saturated carbocycles. The molecule has 1 atom stereocenters. The molecule has 1 aromatic rings. The summed E-state index contributed by atoms with van der Waals surface area (Å²) in [5.41, 5.74) is 0. The van der Waals surface area contributed by atoms with Crippen LogP contribution in [-0.2, 0) is 6.54 Å². The average molecular weight is 288 g/mol. The Morgan fingerprint density at radius 3 is 3.00 bits per heavy atom. The van der Waals surface area contributed by atoms with Gasteiger partial charge in [-0.05, 0) is 35.3 Å². The van der Waals surface area contributed by atoms with Gasteiger partial charge in [0.2, 0.25) is 0 Å². The Kier molecular flexibility index (Phi) is 4.37. The van der Waals surface area contributed by atoms with E-state index in [2.05, 4.69) is 25.9 Å². The zero-order chi connectivity index (χ0) is 11.4. The molecule has 0 radical (unpaired) electrons. The molecular weight excluding hydrogens is 270 g/mol. The third-order valence-corrected chi connectivity index (χ3v) is 3.59. The van der Waals surface area contributed by atoms with Crippen LogP contribution in [0.5, 0.6) is 0 Å². The van der Waals surface area contributed by atoms with Gasteiger partial charge in [0.1, 0.15) is 0 Å². The maximum absolute atomic E-state index is 9.29. The molecule has 0 aromatic carbocycles. The molecule has 1 aliphatic heterocycles. The van der Waals surface area contributed by atoms with E-state index in [0.717, 1.165) is 30.5 Å². The third kappa shape index (κ3) is 3.06. The fourth-order valence-corrected chi connectivity index (χ4v) is 2.58. The first-order valence-corrected chi connectivity index (χ1v) is 6.62. The average Bonchev–Trinajstić information content (AvgIpc) is 2.73. The van der Waals surface area contributed by atoms with Crippen LogP contribution in [0, 0.1) is 0 Å². The van der Waals surface area contributed by atoms with Gasteiger partial charge in [-0.3, -0.25) is 9.58 Å². The van der Waals surface area contributed by atoms with Crippen molar-refractivity contribution in [3.63, 3.8) is 0 Å². The SMILES string of the molecule is OCC1CCCCN1CCn1cc(Br)cn1. The Bertz CT molecular complexity index is 329. The van der Waals surface area contributed by atoms with Gasteiger partial charge in [-0.1, -0.05) is 6.42 Å². The van der Waals surface area contributed by atoms with E-state index in [-0.39, 0.29) is 6.61 Å². The van der Waals surface area contributed by atoms with Crippen LogP contribution in [-0.4, -0.2) is 45.5 Å². The normalized spacial score (nSPS) is 22.5. The fraction of sp³-hybridized carbons (Fsp3) is 0.727. The largest absolute Gasteiger partial charge is 0.395 e. The molecule has 1 unspecified atom stereocenters. The minimum Gasteiger partial charge on any atom is -0.395 e. The molecule has 0 aliphatic carbocycles. The van der Waals surface area contributed by atoms with Gasteiger partial charge in [-0.15, -0.1) is 0 Å². The summed E-state index contributed by atoms with van der Waals surface area (Å²) in [6, 6.07) is 0.354. The number of rotatable bonds is 4. The highest BCUT2D eigenvalue weighted by atomic mass is 79.9. The van der Waals surface area contributed by atoms with Crippen molar-refractivity contribution in [2.24, 2.45) is 0 Å². The summed E-state index contributed by atoms with van der Waals surface area (Å²) in [4.78, 5) is 2.37. The lowest BCUT2D eigenvalue weighted by Gasteiger charge is -2.34. The van der Waals surface area contributed by atoms with Gasteiger partial charge in [0.05, 0.1) is 23.8 Å². The second kappa shape index (κ2) is 5.80. The van der Waals surface area contributed by atoms with Crippen molar-refractivity contribution in [1.29, 1.82) is 0 Å². The summed E-state index contributed by atoms with van der Waals surface area (Å²) >= 11 is 3.39. The molecule has 2 rings (SSSR count). The van der Waals surface area contributed by atoms with Crippen LogP contribution >= 0.6 is 15.9 Å². The Balaban J connectivity index is 1.84. The lowest BCUT2D eigenvalue weighted by atomic mass is 10.0. The molecule has 1 fully saturated rings. The highest BCUT2D eigenvalue weighted by Crippen LogP contribution is 2.16. The molecule has 0 spiro atoms. The van der Waals surface area contributed by atoms with Crippen molar-refractivity contribution >= 4 is 15.9 Å². The number of piperidine rings is 1. The number of nitrogens with zero attached hydrogens (tertiary/aromatic N) is 3. The molecule has 1 aliphatic rings. The van der Waals surface area contributed by atoms with Gasteiger partial charge in [-0.2, -0.15) is 5.10 Å². The van der Waals surface area contributed by atoms with Gasteiger partial charge in [0.25, 0.3) is 0 Å². The van der Waals surface area contributed by atoms with Crippen LogP contribution in [0.1, 0.15) is 19.3 Å². The summed E-state index contributed by atoms with van der Waals surface area (Å²) in [6.45, 7) is 3.25. The number of hydrogen-bond acceptors (Lipinski definition) is 3. The van der Waals surface area contributed by atoms with Gasteiger partial charge in [0.15, 0.2) is 0 Å². The number of aliphatic hydroxyl groups excluding tert-OH is 1. The standard InChI is InChI=1S/C11H18BrN3O/c12-10-7-13-15(8-10)6-5-14-4-2-1-3-11(14)9-16/h7-8,11,16H,1-6,9H2. The molecule has 1 aromatic heterocycles. The Morgan fingerprint density at radius 1 is 1.44 bits per heavy atom. The van der Waals surface area contributed by atoms with Gasteiger partial charge < -0.3 is 5.11 Å². The summed E-state index contributed by atoms with van der Waals surface area (Å²) in [5.74, 6) is 0. The molecule has 1 saturated heterocycles. The molecule has 2 heterocycles. The number of aromatic nitrogens is 2. The van der Waals surface area contributed by atoms with E-state index in [0.29, 0.717) is 6.04 Å². The first-order valence-electron chi connectivity index (χ1n) is 5.82. The van der Waals surface area contributed by atoms with Crippen LogP contribution in [0.25, 0.3) is 0 Å². The highest BCUT2D eigenvalue weighted by Gasteiger charge is 2.20. The number of likely N-dealkylation sites (tertiary alicyclic amines) is 1. The molecule has 0 amide bonds. The van der Waals surface area contributed by atoms with E-state index in [4.69, 9.17) is 0 Å². The zero-order valence-electron chi connectivity index (χ0n) is 9.35. The lowest BCUT2D eigenvalue weighted by molar-refractivity contribution is 0.0862.